The summed E-state index contributed by atoms with van der Waals surface area (Å²) in [6.45, 7) is 0.875. The van der Waals surface area contributed by atoms with Gasteiger partial charge < -0.3 is 4.74 Å². The fourth-order valence-corrected chi connectivity index (χ4v) is 5.30. The molecule has 20 heavy (non-hydrogen) atoms. The quantitative estimate of drug-likeness (QED) is 0.843. The Bertz CT molecular complexity index is 588. The van der Waals surface area contributed by atoms with Gasteiger partial charge >= 0.3 is 0 Å². The molecule has 1 saturated heterocycles. The van der Waals surface area contributed by atoms with E-state index < -0.39 is 10.0 Å². The summed E-state index contributed by atoms with van der Waals surface area (Å²) in [5.74, 6) is 0. The van der Waals surface area contributed by atoms with Gasteiger partial charge in [-0.2, -0.15) is 4.31 Å². The largest absolute Gasteiger partial charge is 0.375 e. The predicted molar refractivity (Wildman–Crippen MR) is 77.3 cm³/mol. The average Bonchev–Trinajstić information content (AvgIpc) is 2.47. The van der Waals surface area contributed by atoms with Crippen molar-refractivity contribution in [2.24, 2.45) is 0 Å². The Morgan fingerprint density at radius 1 is 1.20 bits per heavy atom. The van der Waals surface area contributed by atoms with Crippen LogP contribution in [0.2, 0.25) is 5.02 Å². The number of benzene rings is 1. The molecule has 1 aromatic rings. The van der Waals surface area contributed by atoms with Gasteiger partial charge in [0.25, 0.3) is 0 Å². The molecule has 0 N–H and O–H groups in total. The highest BCUT2D eigenvalue weighted by Gasteiger charge is 2.41. The van der Waals surface area contributed by atoms with Crippen LogP contribution in [0, 0.1) is 0 Å². The van der Waals surface area contributed by atoms with Crippen molar-refractivity contribution >= 4 is 21.6 Å². The molecular weight excluding hydrogens is 298 g/mol. The highest BCUT2D eigenvalue weighted by molar-refractivity contribution is 7.89. The molecule has 0 unspecified atom stereocenters. The fraction of sp³-hybridized carbons (Fsp3) is 0.571. The summed E-state index contributed by atoms with van der Waals surface area (Å²) >= 11 is 6.07. The first kappa shape index (κ1) is 14.3. The van der Waals surface area contributed by atoms with E-state index in [0.29, 0.717) is 13.2 Å². The predicted octanol–water partition coefficient (Wildman–Crippen LogP) is 2.67. The maximum Gasteiger partial charge on any atom is 0.244 e. The average molecular weight is 316 g/mol. The second-order valence-electron chi connectivity index (χ2n) is 5.31. The molecule has 0 amide bonds. The summed E-state index contributed by atoms with van der Waals surface area (Å²) < 4.78 is 33.0. The van der Waals surface area contributed by atoms with Crippen LogP contribution in [0.4, 0.5) is 0 Å². The van der Waals surface area contributed by atoms with Crippen molar-refractivity contribution < 1.29 is 13.2 Å². The van der Waals surface area contributed by atoms with Crippen LogP contribution < -0.4 is 0 Å². The molecule has 3 rings (SSSR count). The lowest BCUT2D eigenvalue weighted by molar-refractivity contribution is -0.0586. The smallest absolute Gasteiger partial charge is 0.244 e. The summed E-state index contributed by atoms with van der Waals surface area (Å²) in [5, 5.41) is 0.284. The van der Waals surface area contributed by atoms with E-state index in [2.05, 4.69) is 0 Å². The monoisotopic (exact) mass is 315 g/mol. The number of ether oxygens (including phenoxy) is 1. The van der Waals surface area contributed by atoms with Crippen LogP contribution in [0.1, 0.15) is 25.7 Å². The Kier molecular flexibility index (Phi) is 4.04. The molecule has 1 aliphatic heterocycles. The van der Waals surface area contributed by atoms with Gasteiger partial charge in [0.05, 0.1) is 23.8 Å². The van der Waals surface area contributed by atoms with Crippen LogP contribution >= 0.6 is 11.6 Å². The molecule has 1 aromatic carbocycles. The third kappa shape index (κ3) is 2.48. The molecule has 1 heterocycles. The topological polar surface area (TPSA) is 46.6 Å². The molecule has 1 saturated carbocycles. The number of morpholine rings is 1. The van der Waals surface area contributed by atoms with E-state index in [1.54, 1.807) is 28.6 Å². The second kappa shape index (κ2) is 5.64. The number of hydrogen-bond acceptors (Lipinski definition) is 3. The van der Waals surface area contributed by atoms with Crippen molar-refractivity contribution in [2.75, 3.05) is 13.2 Å². The van der Waals surface area contributed by atoms with Gasteiger partial charge in [-0.05, 0) is 25.0 Å². The van der Waals surface area contributed by atoms with E-state index in [1.807, 2.05) is 0 Å². The highest BCUT2D eigenvalue weighted by Crippen LogP contribution is 2.33. The van der Waals surface area contributed by atoms with Gasteiger partial charge in [0.15, 0.2) is 0 Å². The Morgan fingerprint density at radius 2 is 1.95 bits per heavy atom. The molecule has 110 valence electrons. The van der Waals surface area contributed by atoms with Gasteiger partial charge in [-0.25, -0.2) is 8.42 Å². The number of fused-ring (bicyclic) bond motifs is 1. The maximum atomic E-state index is 12.8. The van der Waals surface area contributed by atoms with Crippen molar-refractivity contribution in [3.8, 4) is 0 Å². The lowest BCUT2D eigenvalue weighted by atomic mass is 9.91. The molecule has 2 atom stereocenters. The minimum atomic E-state index is -3.54. The Balaban J connectivity index is 1.96. The summed E-state index contributed by atoms with van der Waals surface area (Å²) in [4.78, 5) is 0.202. The third-order valence-electron chi connectivity index (χ3n) is 4.10. The fourth-order valence-electron chi connectivity index (χ4n) is 3.14. The van der Waals surface area contributed by atoms with Crippen LogP contribution in [-0.2, 0) is 14.8 Å². The van der Waals surface area contributed by atoms with Gasteiger partial charge in [0, 0.05) is 6.54 Å². The van der Waals surface area contributed by atoms with E-state index >= 15 is 0 Å². The van der Waals surface area contributed by atoms with Crippen molar-refractivity contribution in [3.63, 3.8) is 0 Å². The van der Waals surface area contributed by atoms with Gasteiger partial charge in [-0.1, -0.05) is 36.6 Å². The summed E-state index contributed by atoms with van der Waals surface area (Å²) in [7, 11) is -3.54. The van der Waals surface area contributed by atoms with E-state index in [0.717, 1.165) is 25.7 Å². The molecule has 6 heteroatoms. The first-order valence-corrected chi connectivity index (χ1v) is 8.80. The van der Waals surface area contributed by atoms with Crippen LogP contribution in [0.25, 0.3) is 0 Å². The first-order chi connectivity index (χ1) is 9.60. The number of hydrogen-bond donors (Lipinski definition) is 0. The van der Waals surface area contributed by atoms with Crippen LogP contribution in [0.15, 0.2) is 29.2 Å². The molecule has 2 fully saturated rings. The molecular formula is C14H18ClNO3S. The normalized spacial score (nSPS) is 28.1. The number of rotatable bonds is 2. The minimum absolute atomic E-state index is 0.0368. The van der Waals surface area contributed by atoms with Gasteiger partial charge in [0.2, 0.25) is 10.0 Å². The summed E-state index contributed by atoms with van der Waals surface area (Å²) in [5.41, 5.74) is 0. The molecule has 2 aliphatic rings. The zero-order chi connectivity index (χ0) is 14.2. The number of nitrogens with zero attached hydrogens (tertiary/aromatic N) is 1. The minimum Gasteiger partial charge on any atom is -0.375 e. The van der Waals surface area contributed by atoms with Crippen molar-refractivity contribution in [1.82, 2.24) is 4.31 Å². The SMILES string of the molecule is O=S(=O)(c1ccccc1Cl)N1CCO[C@@H]2CCCC[C@@H]21. The molecule has 0 aromatic heterocycles. The first-order valence-electron chi connectivity index (χ1n) is 6.98. The van der Waals surface area contributed by atoms with Crippen LogP contribution in [0.5, 0.6) is 0 Å². The summed E-state index contributed by atoms with van der Waals surface area (Å²) in [6, 6.07) is 6.60. The molecule has 0 radical (unpaired) electrons. The zero-order valence-corrected chi connectivity index (χ0v) is 12.7. The van der Waals surface area contributed by atoms with Crippen molar-refractivity contribution in [1.29, 1.82) is 0 Å². The van der Waals surface area contributed by atoms with E-state index in [9.17, 15) is 8.42 Å². The van der Waals surface area contributed by atoms with Crippen molar-refractivity contribution in [2.45, 2.75) is 42.7 Å². The van der Waals surface area contributed by atoms with E-state index in [-0.39, 0.29) is 22.1 Å². The molecule has 0 spiro atoms. The lowest BCUT2D eigenvalue weighted by Crippen LogP contribution is -2.54. The highest BCUT2D eigenvalue weighted by atomic mass is 35.5. The van der Waals surface area contributed by atoms with E-state index in [1.165, 1.54) is 0 Å². The van der Waals surface area contributed by atoms with Gasteiger partial charge in [-0.15, -0.1) is 0 Å². The second-order valence-corrected chi connectivity index (χ2v) is 7.57. The summed E-state index contributed by atoms with van der Waals surface area (Å²) in [6.07, 6.45) is 4.02. The van der Waals surface area contributed by atoms with E-state index in [4.69, 9.17) is 16.3 Å². The maximum absolute atomic E-state index is 12.8. The van der Waals surface area contributed by atoms with Crippen LogP contribution in [0.3, 0.4) is 0 Å². The number of sulfonamides is 1. The Hall–Kier alpha value is -0.620. The molecule has 4 nitrogen and oxygen atoms in total. The third-order valence-corrected chi connectivity index (χ3v) is 6.53. The molecule has 0 bridgehead atoms. The Morgan fingerprint density at radius 3 is 2.75 bits per heavy atom. The zero-order valence-electron chi connectivity index (χ0n) is 11.2. The van der Waals surface area contributed by atoms with Gasteiger partial charge in [0.1, 0.15) is 4.90 Å². The standard InChI is InChI=1S/C14H18ClNO3S/c15-11-5-1-4-8-14(11)20(17,18)16-9-10-19-13-7-3-2-6-12(13)16/h1,4-5,8,12-13H,2-3,6-7,9-10H2/t12-,13+/m0/s1. The molecule has 1 aliphatic carbocycles. The number of halogens is 1. The Labute approximate surface area is 124 Å². The van der Waals surface area contributed by atoms with Gasteiger partial charge in [-0.3, -0.25) is 0 Å². The van der Waals surface area contributed by atoms with Crippen molar-refractivity contribution in [3.05, 3.63) is 29.3 Å². The lowest BCUT2D eigenvalue weighted by Gasteiger charge is -2.42. The van der Waals surface area contributed by atoms with Crippen LogP contribution in [-0.4, -0.2) is 38.0 Å².